The van der Waals surface area contributed by atoms with Gasteiger partial charge in [-0.1, -0.05) is 97.3 Å². The first-order valence-electron chi connectivity index (χ1n) is 13.0. The van der Waals surface area contributed by atoms with Gasteiger partial charge in [0, 0.05) is 6.42 Å². The van der Waals surface area contributed by atoms with Crippen LogP contribution in [-0.2, 0) is 18.8 Å². The first-order chi connectivity index (χ1) is 14.7. The summed E-state index contributed by atoms with van der Waals surface area (Å²) in [6.07, 6.45) is 17.6. The fraction of sp³-hybridized carbons (Fsp3) is 0.923. The van der Waals surface area contributed by atoms with E-state index < -0.39 is 14.2 Å². The molecule has 0 aromatic rings. The van der Waals surface area contributed by atoms with Crippen molar-refractivity contribution in [3.05, 3.63) is 0 Å². The van der Waals surface area contributed by atoms with E-state index in [0.717, 1.165) is 38.5 Å². The Kier molecular flexibility index (Phi) is 18.4. The highest BCUT2D eigenvalue weighted by atomic mass is 28.4. The molecule has 0 fully saturated rings. The van der Waals surface area contributed by atoms with Crippen LogP contribution in [0.15, 0.2) is 0 Å². The van der Waals surface area contributed by atoms with Gasteiger partial charge in [0.1, 0.15) is 11.7 Å². The molecule has 1 unspecified atom stereocenters. The van der Waals surface area contributed by atoms with Gasteiger partial charge in [-0.15, -0.1) is 0 Å². The Balaban J connectivity index is 4.56. The Morgan fingerprint density at radius 1 is 0.710 bits per heavy atom. The summed E-state index contributed by atoms with van der Waals surface area (Å²) in [5, 5.41) is 0. The van der Waals surface area contributed by atoms with E-state index in [2.05, 4.69) is 33.5 Å². The lowest BCUT2D eigenvalue weighted by atomic mass is 9.92. The zero-order valence-electron chi connectivity index (χ0n) is 21.6. The van der Waals surface area contributed by atoms with E-state index in [1.807, 2.05) is 0 Å². The van der Waals surface area contributed by atoms with Gasteiger partial charge >= 0.3 is 5.97 Å². The van der Waals surface area contributed by atoms with Crippen molar-refractivity contribution in [2.75, 3.05) is 7.11 Å². The lowest BCUT2D eigenvalue weighted by Crippen LogP contribution is -2.35. The summed E-state index contributed by atoms with van der Waals surface area (Å²) in [5.74, 6) is -1.00. The van der Waals surface area contributed by atoms with Crippen molar-refractivity contribution < 1.29 is 18.8 Å². The molecule has 5 heteroatoms. The van der Waals surface area contributed by atoms with E-state index in [4.69, 9.17) is 9.16 Å². The molecule has 0 N–H and O–H groups in total. The molecule has 4 nitrogen and oxygen atoms in total. The summed E-state index contributed by atoms with van der Waals surface area (Å²) in [6.45, 7) is 10.9. The van der Waals surface area contributed by atoms with Gasteiger partial charge in [-0.25, -0.2) is 0 Å². The van der Waals surface area contributed by atoms with Gasteiger partial charge in [-0.2, -0.15) is 0 Å². The second-order valence-corrected chi connectivity index (χ2v) is 14.5. The summed E-state index contributed by atoms with van der Waals surface area (Å²) in [6, 6.07) is 0. The number of methoxy groups -OCH3 is 1. The minimum absolute atomic E-state index is 0.00234. The number of unbranched alkanes of at least 4 members (excludes halogenated alkanes) is 11. The molecule has 0 saturated carbocycles. The van der Waals surface area contributed by atoms with Gasteiger partial charge in [0.15, 0.2) is 8.32 Å². The Morgan fingerprint density at radius 3 is 1.65 bits per heavy atom. The highest BCUT2D eigenvalue weighted by molar-refractivity contribution is 6.69. The maximum Gasteiger partial charge on any atom is 0.316 e. The number of carbonyl (C=O) groups excluding carboxylic acids is 2. The van der Waals surface area contributed by atoms with E-state index in [1.165, 1.54) is 58.5 Å². The number of rotatable bonds is 21. The molecule has 0 bridgehead atoms. The number of Topliss-reactive ketones (excluding diaryl/α,β-unsaturated/α-hetero) is 1. The van der Waals surface area contributed by atoms with E-state index in [0.29, 0.717) is 12.8 Å². The van der Waals surface area contributed by atoms with Crippen LogP contribution in [0.25, 0.3) is 0 Å². The zero-order valence-corrected chi connectivity index (χ0v) is 22.6. The number of hydrogen-bond acceptors (Lipinski definition) is 4. The van der Waals surface area contributed by atoms with Gasteiger partial charge in [0.25, 0.3) is 0 Å². The summed E-state index contributed by atoms with van der Waals surface area (Å²) < 4.78 is 11.3. The standard InChI is InChI=1S/C26H52O4Si/c1-7-9-11-13-14-15-16-17-18-20-23(30-31(4,5)6)22-25(27)24(26(28)29-3)21-19-12-10-8-2/h23-24H,7-22H2,1-6H3/t23-,24?/m1/s1. The van der Waals surface area contributed by atoms with Crippen LogP contribution in [0, 0.1) is 5.92 Å². The molecule has 0 heterocycles. The topological polar surface area (TPSA) is 52.6 Å². The van der Waals surface area contributed by atoms with Crippen LogP contribution in [-0.4, -0.2) is 33.3 Å². The molecular formula is C26H52O4Si. The fourth-order valence-electron chi connectivity index (χ4n) is 4.08. The molecule has 0 aliphatic heterocycles. The normalized spacial score (nSPS) is 13.7. The third kappa shape index (κ3) is 17.5. The lowest BCUT2D eigenvalue weighted by Gasteiger charge is -2.27. The van der Waals surface area contributed by atoms with Crippen LogP contribution in [0.1, 0.15) is 117 Å². The summed E-state index contributed by atoms with van der Waals surface area (Å²) >= 11 is 0. The Bertz CT molecular complexity index is 459. The van der Waals surface area contributed by atoms with Gasteiger partial charge in [-0.05, 0) is 32.5 Å². The molecule has 184 valence electrons. The monoisotopic (exact) mass is 456 g/mol. The van der Waals surface area contributed by atoms with Crippen LogP contribution in [0.4, 0.5) is 0 Å². The molecule has 0 aromatic carbocycles. The van der Waals surface area contributed by atoms with Gasteiger partial charge in [-0.3, -0.25) is 9.59 Å². The summed E-state index contributed by atoms with van der Waals surface area (Å²) in [5.41, 5.74) is 0. The van der Waals surface area contributed by atoms with Crippen LogP contribution in [0.2, 0.25) is 19.6 Å². The van der Waals surface area contributed by atoms with Crippen molar-refractivity contribution in [2.24, 2.45) is 5.92 Å². The quantitative estimate of drug-likeness (QED) is 0.0763. The van der Waals surface area contributed by atoms with Crippen molar-refractivity contribution in [3.63, 3.8) is 0 Å². The molecule has 0 amide bonds. The fourth-order valence-corrected chi connectivity index (χ4v) is 5.28. The number of esters is 1. The number of ketones is 1. The molecule has 0 spiro atoms. The molecule has 0 radical (unpaired) electrons. The van der Waals surface area contributed by atoms with Gasteiger partial charge in [0.05, 0.1) is 13.2 Å². The second-order valence-electron chi connectivity index (χ2n) is 10.1. The molecule has 0 aliphatic carbocycles. The second kappa shape index (κ2) is 18.8. The van der Waals surface area contributed by atoms with E-state index in [9.17, 15) is 9.59 Å². The average Bonchev–Trinajstić information content (AvgIpc) is 2.70. The molecule has 2 atom stereocenters. The van der Waals surface area contributed by atoms with Gasteiger partial charge in [0.2, 0.25) is 0 Å². The summed E-state index contributed by atoms with van der Waals surface area (Å²) in [7, 11) is -0.374. The van der Waals surface area contributed by atoms with Crippen molar-refractivity contribution >= 4 is 20.1 Å². The predicted octanol–water partition coefficient (Wildman–Crippen LogP) is 7.85. The van der Waals surface area contributed by atoms with Crippen LogP contribution < -0.4 is 0 Å². The van der Waals surface area contributed by atoms with E-state index in [1.54, 1.807) is 0 Å². The minimum Gasteiger partial charge on any atom is -0.468 e. The Morgan fingerprint density at radius 2 is 1.16 bits per heavy atom. The maximum absolute atomic E-state index is 13.0. The first kappa shape index (κ1) is 30.3. The largest absolute Gasteiger partial charge is 0.468 e. The molecule has 0 saturated heterocycles. The van der Waals surface area contributed by atoms with Crippen LogP contribution in [0.3, 0.4) is 0 Å². The third-order valence-corrected chi connectivity index (χ3v) is 6.84. The highest BCUT2D eigenvalue weighted by Gasteiger charge is 2.30. The van der Waals surface area contributed by atoms with Crippen LogP contribution >= 0.6 is 0 Å². The number of carbonyl (C=O) groups is 2. The molecule has 0 aromatic heterocycles. The number of hydrogen-bond donors (Lipinski definition) is 0. The van der Waals surface area contributed by atoms with Crippen molar-refractivity contribution in [1.29, 1.82) is 0 Å². The SMILES string of the molecule is CCCCCCCCCCC[C@H](CC(=O)C(CCCCCC)C(=O)OC)O[Si](C)(C)C. The smallest absolute Gasteiger partial charge is 0.316 e. The molecule has 0 aliphatic rings. The first-order valence-corrected chi connectivity index (χ1v) is 16.4. The van der Waals surface area contributed by atoms with Crippen LogP contribution in [0.5, 0.6) is 0 Å². The number of ether oxygens (including phenoxy) is 1. The Labute approximate surface area is 194 Å². The van der Waals surface area contributed by atoms with Gasteiger partial charge < -0.3 is 9.16 Å². The van der Waals surface area contributed by atoms with E-state index in [-0.39, 0.29) is 17.9 Å². The van der Waals surface area contributed by atoms with Crippen molar-refractivity contribution in [3.8, 4) is 0 Å². The average molecular weight is 457 g/mol. The van der Waals surface area contributed by atoms with Crippen molar-refractivity contribution in [1.82, 2.24) is 0 Å². The van der Waals surface area contributed by atoms with E-state index >= 15 is 0 Å². The predicted molar refractivity (Wildman–Crippen MR) is 134 cm³/mol. The highest BCUT2D eigenvalue weighted by Crippen LogP contribution is 2.22. The summed E-state index contributed by atoms with van der Waals surface area (Å²) in [4.78, 5) is 25.2. The molecule has 31 heavy (non-hydrogen) atoms. The Hall–Kier alpha value is -0.683. The zero-order chi connectivity index (χ0) is 23.5. The lowest BCUT2D eigenvalue weighted by molar-refractivity contribution is -0.150. The minimum atomic E-state index is -1.76. The maximum atomic E-state index is 13.0. The third-order valence-electron chi connectivity index (χ3n) is 5.80. The molecule has 0 rings (SSSR count). The molecular weight excluding hydrogens is 404 g/mol. The van der Waals surface area contributed by atoms with Crippen molar-refractivity contribution in [2.45, 2.75) is 142 Å².